The number of rotatable bonds is 15. The van der Waals surface area contributed by atoms with Gasteiger partial charge in [-0.1, -0.05) is 67.4 Å². The van der Waals surface area contributed by atoms with Crippen molar-refractivity contribution < 1.29 is 27.1 Å². The summed E-state index contributed by atoms with van der Waals surface area (Å²) in [7, 11) is -3.94. The lowest BCUT2D eigenvalue weighted by molar-refractivity contribution is -0.142. The monoisotopic (exact) mass is 651 g/mol. The van der Waals surface area contributed by atoms with Gasteiger partial charge in [-0.25, -0.2) is 12.8 Å². The van der Waals surface area contributed by atoms with Crippen molar-refractivity contribution >= 4 is 39.1 Å². The third kappa shape index (κ3) is 10.1. The molecule has 0 saturated heterocycles. The van der Waals surface area contributed by atoms with Crippen LogP contribution in [-0.4, -0.2) is 44.3 Å². The Hall–Kier alpha value is -4.41. The van der Waals surface area contributed by atoms with Crippen LogP contribution in [0.2, 0.25) is 5.02 Å². The Bertz CT molecular complexity index is 1650. The van der Waals surface area contributed by atoms with Gasteiger partial charge in [0.05, 0.1) is 4.90 Å². The van der Waals surface area contributed by atoms with E-state index in [9.17, 15) is 22.4 Å². The van der Waals surface area contributed by atoms with E-state index in [0.29, 0.717) is 18.0 Å². The van der Waals surface area contributed by atoms with E-state index < -0.39 is 27.8 Å². The number of amides is 2. The van der Waals surface area contributed by atoms with Crippen LogP contribution in [0, 0.1) is 5.82 Å². The maximum absolute atomic E-state index is 13.8. The van der Waals surface area contributed by atoms with Gasteiger partial charge in [0.2, 0.25) is 5.91 Å². The highest BCUT2D eigenvalue weighted by Gasteiger charge is 2.30. The first-order valence-corrected chi connectivity index (χ1v) is 16.4. The molecule has 0 unspecified atom stereocenters. The molecule has 0 aliphatic carbocycles. The van der Waals surface area contributed by atoms with Gasteiger partial charge in [-0.15, -0.1) is 0 Å². The molecule has 4 aromatic carbocycles. The first-order valence-electron chi connectivity index (χ1n) is 14.5. The van der Waals surface area contributed by atoms with Crippen LogP contribution in [0.5, 0.6) is 5.75 Å². The van der Waals surface area contributed by atoms with Crippen molar-refractivity contribution in [3.05, 3.63) is 125 Å². The zero-order chi connectivity index (χ0) is 32.2. The number of hydrogen-bond donors (Lipinski definition) is 2. The second kappa shape index (κ2) is 16.1. The number of halogens is 2. The molecule has 0 radical (unpaired) electrons. The molecule has 0 heterocycles. The van der Waals surface area contributed by atoms with Gasteiger partial charge in [-0.3, -0.25) is 14.3 Å². The molecule has 236 valence electrons. The first kappa shape index (κ1) is 33.5. The molecule has 2 N–H and O–H groups in total. The Kier molecular flexibility index (Phi) is 11.9. The molecule has 11 heteroatoms. The van der Waals surface area contributed by atoms with Crippen LogP contribution in [0.3, 0.4) is 0 Å². The quantitative estimate of drug-likeness (QED) is 0.149. The highest BCUT2D eigenvalue weighted by molar-refractivity contribution is 7.92. The van der Waals surface area contributed by atoms with Crippen molar-refractivity contribution in [3.8, 4) is 5.75 Å². The molecule has 0 spiro atoms. The normalized spacial score (nSPS) is 11.8. The molecule has 2 amide bonds. The third-order valence-corrected chi connectivity index (χ3v) is 8.61. The number of unbranched alkanes of at least 4 members (excludes halogenated alkanes) is 1. The van der Waals surface area contributed by atoms with Crippen LogP contribution in [-0.2, 0) is 32.6 Å². The Morgan fingerprint density at radius 2 is 1.56 bits per heavy atom. The van der Waals surface area contributed by atoms with Crippen molar-refractivity contribution in [2.24, 2.45) is 0 Å². The van der Waals surface area contributed by atoms with E-state index in [-0.39, 0.29) is 35.4 Å². The Labute approximate surface area is 268 Å². The number of benzene rings is 4. The van der Waals surface area contributed by atoms with Crippen LogP contribution < -0.4 is 14.8 Å². The summed E-state index contributed by atoms with van der Waals surface area (Å²) in [4.78, 5) is 28.7. The molecular weight excluding hydrogens is 617 g/mol. The van der Waals surface area contributed by atoms with Gasteiger partial charge in [0.1, 0.15) is 17.6 Å². The van der Waals surface area contributed by atoms with Crippen LogP contribution >= 0.6 is 11.6 Å². The molecule has 1 atom stereocenters. The fourth-order valence-electron chi connectivity index (χ4n) is 4.52. The molecule has 8 nitrogen and oxygen atoms in total. The van der Waals surface area contributed by atoms with Gasteiger partial charge >= 0.3 is 0 Å². The molecule has 45 heavy (non-hydrogen) atoms. The first-order chi connectivity index (χ1) is 21.6. The number of nitrogens with zero attached hydrogens (tertiary/aromatic N) is 1. The fourth-order valence-corrected chi connectivity index (χ4v) is 5.71. The zero-order valence-corrected chi connectivity index (χ0v) is 26.4. The topological polar surface area (TPSA) is 105 Å². The molecule has 0 bridgehead atoms. The molecule has 4 rings (SSSR count). The predicted molar refractivity (Wildman–Crippen MR) is 173 cm³/mol. The van der Waals surface area contributed by atoms with Crippen molar-refractivity contribution in [1.82, 2.24) is 10.2 Å². The Morgan fingerprint density at radius 1 is 0.889 bits per heavy atom. The summed E-state index contributed by atoms with van der Waals surface area (Å²) in [5.74, 6) is -0.907. The van der Waals surface area contributed by atoms with Gasteiger partial charge in [0.25, 0.3) is 15.9 Å². The number of ether oxygens (including phenoxy) is 1. The Balaban J connectivity index is 1.52. The summed E-state index contributed by atoms with van der Waals surface area (Å²) in [5, 5.41) is 3.52. The summed E-state index contributed by atoms with van der Waals surface area (Å²) in [6.45, 7) is 2.28. The van der Waals surface area contributed by atoms with Crippen molar-refractivity contribution in [3.63, 3.8) is 0 Å². The maximum Gasteiger partial charge on any atom is 0.261 e. The van der Waals surface area contributed by atoms with Crippen molar-refractivity contribution in [2.75, 3.05) is 17.9 Å². The molecule has 0 fully saturated rings. The average molecular weight is 652 g/mol. The summed E-state index contributed by atoms with van der Waals surface area (Å²) >= 11 is 6.09. The highest BCUT2D eigenvalue weighted by Crippen LogP contribution is 2.21. The largest absolute Gasteiger partial charge is 0.484 e. The van der Waals surface area contributed by atoms with E-state index in [4.69, 9.17) is 16.3 Å². The minimum absolute atomic E-state index is 0.0402. The Morgan fingerprint density at radius 3 is 2.20 bits per heavy atom. The fraction of sp³-hybridized carbons (Fsp3) is 0.235. The molecule has 0 aliphatic heterocycles. The number of sulfonamides is 1. The van der Waals surface area contributed by atoms with E-state index >= 15 is 0 Å². The van der Waals surface area contributed by atoms with Gasteiger partial charge in [-0.2, -0.15) is 0 Å². The predicted octanol–water partition coefficient (Wildman–Crippen LogP) is 6.22. The molecule has 0 aliphatic rings. The van der Waals surface area contributed by atoms with Gasteiger partial charge in [-0.05, 0) is 78.2 Å². The number of carbonyl (C=O) groups excluding carboxylic acids is 2. The van der Waals surface area contributed by atoms with E-state index in [0.717, 1.165) is 36.1 Å². The van der Waals surface area contributed by atoms with Crippen LogP contribution in [0.4, 0.5) is 10.1 Å². The smallest absolute Gasteiger partial charge is 0.261 e. The van der Waals surface area contributed by atoms with Crippen LogP contribution in [0.1, 0.15) is 30.9 Å². The number of nitrogens with one attached hydrogen (secondary N) is 2. The van der Waals surface area contributed by atoms with Crippen LogP contribution in [0.25, 0.3) is 0 Å². The van der Waals surface area contributed by atoms with E-state index in [1.807, 2.05) is 37.3 Å². The lowest BCUT2D eigenvalue weighted by atomic mass is 10.0. The average Bonchev–Trinajstić information content (AvgIpc) is 3.04. The number of anilines is 1. The minimum Gasteiger partial charge on any atom is -0.484 e. The van der Waals surface area contributed by atoms with Crippen molar-refractivity contribution in [1.29, 1.82) is 0 Å². The molecule has 0 aromatic heterocycles. The SMILES string of the molecule is CCCCNC(=O)[C@@H](Cc1ccccc1)N(Cc1ccc(Cl)cc1)C(=O)COc1ccc(S(=O)(=O)Nc2ccc(F)cc2)cc1. The highest BCUT2D eigenvalue weighted by atomic mass is 35.5. The lowest BCUT2D eigenvalue weighted by Gasteiger charge is -2.31. The summed E-state index contributed by atoms with van der Waals surface area (Å²) < 4.78 is 46.9. The second-order valence-electron chi connectivity index (χ2n) is 10.4. The van der Waals surface area contributed by atoms with Gasteiger partial charge in [0.15, 0.2) is 6.61 Å². The van der Waals surface area contributed by atoms with E-state index in [1.165, 1.54) is 41.3 Å². The summed E-state index contributed by atoms with van der Waals surface area (Å²) in [6, 6.07) is 26.2. The standard InChI is InChI=1S/C34H35ClFN3O5S/c1-2-3-21-37-34(41)32(22-25-7-5-4-6-8-25)39(23-26-9-11-27(35)12-10-26)33(40)24-44-30-17-19-31(20-18-30)45(42,43)38-29-15-13-28(36)14-16-29/h4-20,32,38H,2-3,21-24H2,1H3,(H,37,41)/t32-/m1/s1. The number of carbonyl (C=O) groups is 2. The second-order valence-corrected chi connectivity index (χ2v) is 12.5. The van der Waals surface area contributed by atoms with Gasteiger partial charge in [0, 0.05) is 30.2 Å². The van der Waals surface area contributed by atoms with E-state index in [2.05, 4.69) is 10.0 Å². The maximum atomic E-state index is 13.8. The summed E-state index contributed by atoms with van der Waals surface area (Å²) in [5.41, 5.74) is 1.90. The minimum atomic E-state index is -3.94. The number of hydrogen-bond acceptors (Lipinski definition) is 5. The van der Waals surface area contributed by atoms with Gasteiger partial charge < -0.3 is 15.0 Å². The third-order valence-electron chi connectivity index (χ3n) is 6.96. The van der Waals surface area contributed by atoms with E-state index in [1.54, 1.807) is 24.3 Å². The molecular formula is C34H35ClFN3O5S. The lowest BCUT2D eigenvalue weighted by Crippen LogP contribution is -2.51. The zero-order valence-electron chi connectivity index (χ0n) is 24.8. The van der Waals surface area contributed by atoms with Crippen molar-refractivity contribution in [2.45, 2.75) is 43.7 Å². The molecule has 4 aromatic rings. The molecule has 0 saturated carbocycles. The van der Waals surface area contributed by atoms with Crippen LogP contribution in [0.15, 0.2) is 108 Å². The summed E-state index contributed by atoms with van der Waals surface area (Å²) in [6.07, 6.45) is 2.02.